The van der Waals surface area contributed by atoms with Crippen LogP contribution in [0.2, 0.25) is 0 Å². The second-order valence-corrected chi connectivity index (χ2v) is 6.96. The molecule has 0 saturated carbocycles. The number of hydrogen-bond acceptors (Lipinski definition) is 5. The molecule has 1 N–H and O–H groups in total. The van der Waals surface area contributed by atoms with E-state index in [-0.39, 0.29) is 0 Å². The van der Waals surface area contributed by atoms with Crippen LogP contribution in [0, 0.1) is 0 Å². The molecule has 25 heavy (non-hydrogen) atoms. The highest BCUT2D eigenvalue weighted by Gasteiger charge is 2.24. The predicted octanol–water partition coefficient (Wildman–Crippen LogP) is 4.58. The highest BCUT2D eigenvalue weighted by atomic mass is 32.1. The van der Waals surface area contributed by atoms with Crippen LogP contribution in [-0.2, 0) is 6.42 Å². The minimum absolute atomic E-state index is 0.387. The first kappa shape index (κ1) is 16.0. The monoisotopic (exact) mass is 352 g/mol. The van der Waals surface area contributed by atoms with Gasteiger partial charge in [0.25, 0.3) is 0 Å². The maximum atomic E-state index is 5.39. The van der Waals surface area contributed by atoms with Crippen molar-refractivity contribution in [1.82, 2.24) is 4.98 Å². The van der Waals surface area contributed by atoms with Gasteiger partial charge in [0.15, 0.2) is 0 Å². The third kappa shape index (κ3) is 3.20. The van der Waals surface area contributed by atoms with E-state index in [2.05, 4.69) is 45.3 Å². The van der Waals surface area contributed by atoms with Crippen molar-refractivity contribution in [2.45, 2.75) is 12.3 Å². The number of benzene rings is 1. The Morgan fingerprint density at radius 2 is 1.92 bits per heavy atom. The van der Waals surface area contributed by atoms with Crippen LogP contribution in [0.3, 0.4) is 0 Å². The number of thiophene rings is 1. The van der Waals surface area contributed by atoms with Gasteiger partial charge in [-0.05, 0) is 52.6 Å². The van der Waals surface area contributed by atoms with Gasteiger partial charge in [0.05, 0.1) is 14.2 Å². The van der Waals surface area contributed by atoms with Gasteiger partial charge in [-0.2, -0.15) is 11.3 Å². The summed E-state index contributed by atoms with van der Waals surface area (Å²) in [6.45, 7) is 0.898. The molecule has 0 fully saturated rings. The molecule has 1 aliphatic rings. The number of nitrogens with one attached hydrogen (secondary N) is 1. The first-order valence-electron chi connectivity index (χ1n) is 8.25. The summed E-state index contributed by atoms with van der Waals surface area (Å²) in [6.07, 6.45) is 2.87. The molecule has 1 atom stereocenters. The van der Waals surface area contributed by atoms with Crippen LogP contribution in [0.1, 0.15) is 17.0 Å². The minimum Gasteiger partial charge on any atom is -0.497 e. The third-order valence-corrected chi connectivity index (χ3v) is 5.30. The summed E-state index contributed by atoms with van der Waals surface area (Å²) in [5, 5.41) is 7.69. The van der Waals surface area contributed by atoms with Crippen LogP contribution in [0.15, 0.2) is 47.3 Å². The molecule has 1 aliphatic heterocycles. The number of pyridine rings is 1. The fourth-order valence-electron chi connectivity index (χ4n) is 3.31. The van der Waals surface area contributed by atoms with E-state index in [0.29, 0.717) is 5.92 Å². The Morgan fingerprint density at radius 3 is 2.60 bits per heavy atom. The van der Waals surface area contributed by atoms with Crippen LogP contribution in [0.5, 0.6) is 11.5 Å². The Bertz CT molecular complexity index is 855. The molecule has 0 bridgehead atoms. The number of rotatable bonds is 5. The van der Waals surface area contributed by atoms with Crippen LogP contribution >= 0.6 is 11.3 Å². The number of methoxy groups -OCH3 is 2. The molecule has 3 heterocycles. The van der Waals surface area contributed by atoms with Gasteiger partial charge in [0.1, 0.15) is 17.3 Å². The van der Waals surface area contributed by atoms with E-state index in [1.54, 1.807) is 25.6 Å². The average Bonchev–Trinajstić information content (AvgIpc) is 3.31. The summed E-state index contributed by atoms with van der Waals surface area (Å²) < 4.78 is 10.8. The van der Waals surface area contributed by atoms with Crippen molar-refractivity contribution in [3.8, 4) is 22.6 Å². The maximum Gasteiger partial charge on any atom is 0.129 e. The van der Waals surface area contributed by atoms with Crippen LogP contribution in [-0.4, -0.2) is 25.7 Å². The number of fused-ring (bicyclic) bond motifs is 1. The topological polar surface area (TPSA) is 43.4 Å². The number of aromatic nitrogens is 1. The van der Waals surface area contributed by atoms with Crippen molar-refractivity contribution < 1.29 is 9.47 Å². The number of nitrogens with zero attached hydrogens (tertiary/aromatic N) is 1. The van der Waals surface area contributed by atoms with Crippen molar-refractivity contribution in [3.63, 3.8) is 0 Å². The normalized spacial score (nSPS) is 15.5. The van der Waals surface area contributed by atoms with E-state index in [1.807, 2.05) is 12.3 Å². The first-order valence-corrected chi connectivity index (χ1v) is 9.19. The van der Waals surface area contributed by atoms with Gasteiger partial charge in [-0.1, -0.05) is 0 Å². The van der Waals surface area contributed by atoms with Crippen LogP contribution in [0.25, 0.3) is 11.1 Å². The molecule has 0 aliphatic carbocycles. The number of anilines is 1. The van der Waals surface area contributed by atoms with Gasteiger partial charge in [-0.15, -0.1) is 0 Å². The van der Waals surface area contributed by atoms with Crippen molar-refractivity contribution in [2.75, 3.05) is 26.1 Å². The van der Waals surface area contributed by atoms with E-state index >= 15 is 0 Å². The van der Waals surface area contributed by atoms with Crippen molar-refractivity contribution in [3.05, 3.63) is 58.4 Å². The lowest BCUT2D eigenvalue weighted by Gasteiger charge is -2.13. The zero-order valence-electron chi connectivity index (χ0n) is 14.3. The first-order chi connectivity index (χ1) is 12.3. The van der Waals surface area contributed by atoms with Crippen molar-refractivity contribution >= 4 is 17.2 Å². The second-order valence-electron chi connectivity index (χ2n) is 6.18. The SMILES string of the molecule is COc1cc(CC2CNc3ncc(-c4ccsc4)cc32)cc(OC)c1. The van der Waals surface area contributed by atoms with E-state index in [9.17, 15) is 0 Å². The zero-order chi connectivity index (χ0) is 17.2. The molecule has 5 heteroatoms. The number of ether oxygens (including phenoxy) is 2. The summed E-state index contributed by atoms with van der Waals surface area (Å²) in [4.78, 5) is 4.62. The van der Waals surface area contributed by atoms with Crippen molar-refractivity contribution in [2.24, 2.45) is 0 Å². The van der Waals surface area contributed by atoms with Gasteiger partial charge in [-0.25, -0.2) is 4.98 Å². The molecule has 0 amide bonds. The largest absolute Gasteiger partial charge is 0.497 e. The smallest absolute Gasteiger partial charge is 0.129 e. The lowest BCUT2D eigenvalue weighted by Crippen LogP contribution is -2.06. The molecule has 0 saturated heterocycles. The quantitative estimate of drug-likeness (QED) is 0.730. The Labute approximate surface area is 151 Å². The van der Waals surface area contributed by atoms with E-state index in [4.69, 9.17) is 9.47 Å². The molecule has 1 aromatic carbocycles. The Morgan fingerprint density at radius 1 is 1.12 bits per heavy atom. The van der Waals surface area contributed by atoms with Gasteiger partial charge in [0, 0.05) is 35.9 Å². The predicted molar refractivity (Wildman–Crippen MR) is 102 cm³/mol. The fraction of sp³-hybridized carbons (Fsp3) is 0.250. The molecular weight excluding hydrogens is 332 g/mol. The summed E-state index contributed by atoms with van der Waals surface area (Å²) in [7, 11) is 3.37. The molecule has 2 aromatic heterocycles. The molecule has 4 nitrogen and oxygen atoms in total. The second kappa shape index (κ2) is 6.76. The number of hydrogen-bond donors (Lipinski definition) is 1. The summed E-state index contributed by atoms with van der Waals surface area (Å²) in [6, 6.07) is 10.5. The minimum atomic E-state index is 0.387. The van der Waals surface area contributed by atoms with Crippen LogP contribution in [0.4, 0.5) is 5.82 Å². The lowest BCUT2D eigenvalue weighted by molar-refractivity contribution is 0.393. The highest BCUT2D eigenvalue weighted by molar-refractivity contribution is 7.08. The standard InChI is InChI=1S/C20H20N2O2S/c1-23-17-6-13(7-18(9-17)24-2)5-16-11-22-20-19(16)8-15(10-21-20)14-3-4-25-12-14/h3-4,6-10,12,16H,5,11H2,1-2H3,(H,21,22). The highest BCUT2D eigenvalue weighted by Crippen LogP contribution is 2.36. The molecule has 0 radical (unpaired) electrons. The third-order valence-electron chi connectivity index (χ3n) is 4.62. The molecule has 1 unspecified atom stereocenters. The van der Waals surface area contributed by atoms with E-state index in [0.717, 1.165) is 30.3 Å². The molecule has 4 rings (SSSR count). The Kier molecular flexibility index (Phi) is 4.32. The van der Waals surface area contributed by atoms with Gasteiger partial charge >= 0.3 is 0 Å². The van der Waals surface area contributed by atoms with Crippen LogP contribution < -0.4 is 14.8 Å². The average molecular weight is 352 g/mol. The van der Waals surface area contributed by atoms with Gasteiger partial charge in [-0.3, -0.25) is 0 Å². The lowest BCUT2D eigenvalue weighted by atomic mass is 9.93. The van der Waals surface area contributed by atoms with Gasteiger partial charge in [0.2, 0.25) is 0 Å². The molecule has 0 spiro atoms. The zero-order valence-corrected chi connectivity index (χ0v) is 15.1. The molecule has 128 valence electrons. The fourth-order valence-corrected chi connectivity index (χ4v) is 3.97. The summed E-state index contributed by atoms with van der Waals surface area (Å²) in [5.41, 5.74) is 4.90. The van der Waals surface area contributed by atoms with Crippen molar-refractivity contribution in [1.29, 1.82) is 0 Å². The van der Waals surface area contributed by atoms with E-state index < -0.39 is 0 Å². The molecule has 3 aromatic rings. The summed E-state index contributed by atoms with van der Waals surface area (Å²) in [5.74, 6) is 3.04. The maximum absolute atomic E-state index is 5.39. The Hall–Kier alpha value is -2.53. The molecular formula is C20H20N2O2S. The Balaban J connectivity index is 1.63. The van der Waals surface area contributed by atoms with Gasteiger partial charge < -0.3 is 14.8 Å². The van der Waals surface area contributed by atoms with E-state index in [1.165, 1.54) is 22.3 Å². The summed E-state index contributed by atoms with van der Waals surface area (Å²) >= 11 is 1.71.